The van der Waals surface area contributed by atoms with Crippen LogP contribution in [-0.4, -0.2) is 28.8 Å². The first-order valence-corrected chi connectivity index (χ1v) is 5.01. The Labute approximate surface area is 95.8 Å². The Morgan fingerprint density at radius 1 is 1.53 bits per heavy atom. The van der Waals surface area contributed by atoms with Crippen LogP contribution in [-0.2, 0) is 17.5 Å². The van der Waals surface area contributed by atoms with Gasteiger partial charge in [0, 0.05) is 12.7 Å². The Morgan fingerprint density at radius 2 is 2.24 bits per heavy atom. The number of rotatable bonds is 5. The average Bonchev–Trinajstić information content (AvgIpc) is 2.66. The first-order valence-electron chi connectivity index (χ1n) is 5.01. The van der Waals surface area contributed by atoms with E-state index in [0.717, 1.165) is 16.9 Å². The van der Waals surface area contributed by atoms with Gasteiger partial charge in [-0.15, -0.1) is 0 Å². The predicted octanol–water partition coefficient (Wildman–Crippen LogP) is 0.367. The molecule has 0 spiro atoms. The van der Waals surface area contributed by atoms with E-state index in [4.69, 9.17) is 5.73 Å². The summed E-state index contributed by atoms with van der Waals surface area (Å²) in [7, 11) is 0. The zero-order valence-corrected chi connectivity index (χ0v) is 9.00. The molecule has 17 heavy (non-hydrogen) atoms. The summed E-state index contributed by atoms with van der Waals surface area (Å²) >= 11 is 0. The van der Waals surface area contributed by atoms with Crippen molar-refractivity contribution in [1.29, 1.82) is 0 Å². The highest BCUT2D eigenvalue weighted by Gasteiger charge is 2.33. The van der Waals surface area contributed by atoms with Crippen molar-refractivity contribution in [2.75, 3.05) is 13.1 Å². The molecule has 0 aliphatic heterocycles. The lowest BCUT2D eigenvalue weighted by Gasteiger charge is -2.04. The summed E-state index contributed by atoms with van der Waals surface area (Å²) in [4.78, 5) is 11.3. The van der Waals surface area contributed by atoms with E-state index in [1.54, 1.807) is 0 Å². The summed E-state index contributed by atoms with van der Waals surface area (Å²) in [5.74, 6) is -0.393. The highest BCUT2D eigenvalue weighted by Crippen LogP contribution is 2.27. The molecular weight excluding hydrogens is 237 g/mol. The lowest BCUT2D eigenvalue weighted by Crippen LogP contribution is -2.29. The number of aromatic nitrogens is 2. The van der Waals surface area contributed by atoms with Crippen LogP contribution < -0.4 is 11.1 Å². The molecule has 0 radical (unpaired) electrons. The van der Waals surface area contributed by atoms with E-state index in [0.29, 0.717) is 19.5 Å². The van der Waals surface area contributed by atoms with E-state index in [1.807, 2.05) is 0 Å². The molecule has 3 N–H and O–H groups in total. The number of carbonyl (C=O) groups is 1. The predicted molar refractivity (Wildman–Crippen MR) is 53.9 cm³/mol. The van der Waals surface area contributed by atoms with Gasteiger partial charge in [0.15, 0.2) is 5.69 Å². The molecule has 0 fully saturated rings. The zero-order chi connectivity index (χ0) is 12.9. The molecule has 1 aromatic rings. The molecule has 1 rings (SSSR count). The third-order valence-corrected chi connectivity index (χ3v) is 1.94. The van der Waals surface area contributed by atoms with Crippen LogP contribution in [0, 0.1) is 0 Å². The smallest absolute Gasteiger partial charge is 0.354 e. The van der Waals surface area contributed by atoms with Gasteiger partial charge in [0.2, 0.25) is 5.91 Å². The molecule has 1 aromatic heterocycles. The van der Waals surface area contributed by atoms with Gasteiger partial charge in [-0.25, -0.2) is 0 Å². The maximum absolute atomic E-state index is 12.2. The quantitative estimate of drug-likeness (QED) is 0.741. The van der Waals surface area contributed by atoms with Gasteiger partial charge in [-0.1, -0.05) is 0 Å². The van der Waals surface area contributed by atoms with Gasteiger partial charge in [-0.3, -0.25) is 9.48 Å². The number of amides is 1. The van der Waals surface area contributed by atoms with Gasteiger partial charge < -0.3 is 11.1 Å². The molecule has 0 atom stereocenters. The van der Waals surface area contributed by atoms with Crippen LogP contribution in [0.3, 0.4) is 0 Å². The SMILES string of the molecule is NCCCNC(=O)Cn1ccc(C(F)(F)F)n1. The summed E-state index contributed by atoms with van der Waals surface area (Å²) in [5.41, 5.74) is 4.22. The number of nitrogens with one attached hydrogen (secondary N) is 1. The van der Waals surface area contributed by atoms with Crippen LogP contribution in [0.15, 0.2) is 12.3 Å². The first-order chi connectivity index (χ1) is 7.93. The van der Waals surface area contributed by atoms with E-state index in [9.17, 15) is 18.0 Å². The number of carbonyl (C=O) groups excluding carboxylic acids is 1. The molecule has 0 saturated carbocycles. The maximum atomic E-state index is 12.2. The molecule has 1 heterocycles. The maximum Gasteiger partial charge on any atom is 0.435 e. The van der Waals surface area contributed by atoms with Gasteiger partial charge in [-0.05, 0) is 19.0 Å². The van der Waals surface area contributed by atoms with Crippen LogP contribution in [0.1, 0.15) is 12.1 Å². The standard InChI is InChI=1S/C9H13F3N4O/c10-9(11,12)7-2-5-16(15-7)6-8(17)14-4-1-3-13/h2,5H,1,3-4,6,13H2,(H,14,17). The topological polar surface area (TPSA) is 72.9 Å². The Morgan fingerprint density at radius 3 is 2.76 bits per heavy atom. The Bertz CT molecular complexity index is 375. The minimum atomic E-state index is -4.48. The third kappa shape index (κ3) is 4.43. The molecule has 1 amide bonds. The van der Waals surface area contributed by atoms with E-state index < -0.39 is 17.8 Å². The van der Waals surface area contributed by atoms with Crippen molar-refractivity contribution < 1.29 is 18.0 Å². The number of alkyl halides is 3. The lowest BCUT2D eigenvalue weighted by molar-refractivity contribution is -0.141. The molecule has 0 unspecified atom stereocenters. The highest BCUT2D eigenvalue weighted by atomic mass is 19.4. The monoisotopic (exact) mass is 250 g/mol. The largest absolute Gasteiger partial charge is 0.435 e. The second kappa shape index (κ2) is 5.67. The number of hydrogen-bond donors (Lipinski definition) is 2. The average molecular weight is 250 g/mol. The van der Waals surface area contributed by atoms with E-state index in [1.165, 1.54) is 0 Å². The Kier molecular flexibility index (Phi) is 4.50. The molecule has 8 heteroatoms. The van der Waals surface area contributed by atoms with Crippen molar-refractivity contribution in [1.82, 2.24) is 15.1 Å². The zero-order valence-electron chi connectivity index (χ0n) is 9.00. The van der Waals surface area contributed by atoms with E-state index in [-0.39, 0.29) is 6.54 Å². The fourth-order valence-electron chi connectivity index (χ4n) is 1.13. The number of nitrogens with two attached hydrogens (primary N) is 1. The summed E-state index contributed by atoms with van der Waals surface area (Å²) in [6.45, 7) is 0.615. The molecule has 0 aromatic carbocycles. The first kappa shape index (κ1) is 13.5. The van der Waals surface area contributed by atoms with Gasteiger partial charge in [0.25, 0.3) is 0 Å². The molecule has 0 aliphatic carbocycles. The number of hydrogen-bond acceptors (Lipinski definition) is 3. The molecule has 0 bridgehead atoms. The van der Waals surface area contributed by atoms with Crippen molar-refractivity contribution >= 4 is 5.91 Å². The van der Waals surface area contributed by atoms with Crippen LogP contribution in [0.4, 0.5) is 13.2 Å². The van der Waals surface area contributed by atoms with Crippen molar-refractivity contribution in [2.24, 2.45) is 5.73 Å². The summed E-state index contributed by atoms with van der Waals surface area (Å²) < 4.78 is 37.5. The Balaban J connectivity index is 2.46. The summed E-state index contributed by atoms with van der Waals surface area (Å²) in [6.07, 6.45) is -2.74. The van der Waals surface area contributed by atoms with Crippen molar-refractivity contribution in [3.05, 3.63) is 18.0 Å². The second-order valence-corrected chi connectivity index (χ2v) is 3.39. The Hall–Kier alpha value is -1.57. The normalized spacial score (nSPS) is 11.5. The van der Waals surface area contributed by atoms with Crippen LogP contribution in [0.5, 0.6) is 0 Å². The minimum Gasteiger partial charge on any atom is -0.354 e. The minimum absolute atomic E-state index is 0.235. The van der Waals surface area contributed by atoms with Crippen LogP contribution in [0.25, 0.3) is 0 Å². The lowest BCUT2D eigenvalue weighted by atomic mass is 10.4. The van der Waals surface area contributed by atoms with E-state index >= 15 is 0 Å². The fourth-order valence-corrected chi connectivity index (χ4v) is 1.13. The molecule has 0 saturated heterocycles. The fraction of sp³-hybridized carbons (Fsp3) is 0.556. The van der Waals surface area contributed by atoms with Crippen molar-refractivity contribution in [3.8, 4) is 0 Å². The van der Waals surface area contributed by atoms with Crippen molar-refractivity contribution in [2.45, 2.75) is 19.1 Å². The molecule has 5 nitrogen and oxygen atoms in total. The van der Waals surface area contributed by atoms with Gasteiger partial charge in [0.05, 0.1) is 0 Å². The highest BCUT2D eigenvalue weighted by molar-refractivity contribution is 5.75. The van der Waals surface area contributed by atoms with Crippen LogP contribution >= 0.6 is 0 Å². The summed E-state index contributed by atoms with van der Waals surface area (Å²) in [5, 5.41) is 5.77. The second-order valence-electron chi connectivity index (χ2n) is 3.39. The molecule has 0 aliphatic rings. The third-order valence-electron chi connectivity index (χ3n) is 1.94. The summed E-state index contributed by atoms with van der Waals surface area (Å²) in [6, 6.07) is 0.827. The number of nitrogens with zero attached hydrogens (tertiary/aromatic N) is 2. The van der Waals surface area contributed by atoms with Crippen molar-refractivity contribution in [3.63, 3.8) is 0 Å². The van der Waals surface area contributed by atoms with E-state index in [2.05, 4.69) is 10.4 Å². The van der Waals surface area contributed by atoms with Gasteiger partial charge in [-0.2, -0.15) is 18.3 Å². The van der Waals surface area contributed by atoms with Gasteiger partial charge in [0.1, 0.15) is 6.54 Å². The number of halogens is 3. The van der Waals surface area contributed by atoms with Gasteiger partial charge >= 0.3 is 6.18 Å². The molecule has 96 valence electrons. The van der Waals surface area contributed by atoms with Crippen LogP contribution in [0.2, 0.25) is 0 Å². The molecular formula is C9H13F3N4O.